The molecule has 0 bridgehead atoms. The van der Waals surface area contributed by atoms with E-state index < -0.39 is 33.4 Å². The highest BCUT2D eigenvalue weighted by Crippen LogP contribution is 2.06. The Bertz CT molecular complexity index is 229. The first kappa shape index (κ1) is 17.7. The van der Waals surface area contributed by atoms with Gasteiger partial charge in [-0.05, 0) is 39.3 Å². The minimum Gasteiger partial charge on any atom is -0.348 e. The maximum Gasteiger partial charge on any atom is 0.186 e. The molecular formula is C9H32N4Si4. The highest BCUT2D eigenvalue weighted by Gasteiger charge is 2.37. The molecule has 5 N–H and O–H groups in total. The smallest absolute Gasteiger partial charge is 0.186 e. The van der Waals surface area contributed by atoms with E-state index in [0.29, 0.717) is 0 Å². The van der Waals surface area contributed by atoms with E-state index in [1.807, 2.05) is 0 Å². The van der Waals surface area contributed by atoms with Gasteiger partial charge in [-0.1, -0.05) is 19.6 Å². The third-order valence-corrected chi connectivity index (χ3v) is 17.5. The average Bonchev–Trinajstić information content (AvgIpc) is 1.65. The Morgan fingerprint density at radius 3 is 1.24 bits per heavy atom. The number of nitrogens with two attached hydrogens (primary N) is 1. The van der Waals surface area contributed by atoms with Gasteiger partial charge < -0.3 is 19.3 Å². The van der Waals surface area contributed by atoms with Crippen molar-refractivity contribution in [2.45, 2.75) is 58.9 Å². The summed E-state index contributed by atoms with van der Waals surface area (Å²) in [5, 5.41) is 6.19. The molecule has 8 heteroatoms. The fourth-order valence-electron chi connectivity index (χ4n) is 2.59. The molecule has 0 atom stereocenters. The second-order valence-electron chi connectivity index (χ2n) is 7.60. The number of nitrogens with one attached hydrogen (secondary N) is 3. The lowest BCUT2D eigenvalue weighted by atomic mass is 11.8. The molecule has 0 aromatic carbocycles. The van der Waals surface area contributed by atoms with Crippen LogP contribution in [0.4, 0.5) is 0 Å². The fraction of sp³-hybridized carbons (Fsp3) is 1.00. The predicted octanol–water partition coefficient (Wildman–Crippen LogP) is 1.65. The van der Waals surface area contributed by atoms with Gasteiger partial charge in [0.1, 0.15) is 8.24 Å². The van der Waals surface area contributed by atoms with Crippen molar-refractivity contribution in [2.24, 2.45) is 5.40 Å². The van der Waals surface area contributed by atoms with Crippen LogP contribution in [0.2, 0.25) is 58.9 Å². The molecular weight excluding hydrogens is 276 g/mol. The summed E-state index contributed by atoms with van der Waals surface area (Å²) >= 11 is 0. The molecule has 0 heterocycles. The quantitative estimate of drug-likeness (QED) is 0.564. The van der Waals surface area contributed by atoms with E-state index in [2.05, 4.69) is 72.9 Å². The van der Waals surface area contributed by atoms with Crippen molar-refractivity contribution in [1.29, 1.82) is 0 Å². The minimum atomic E-state index is -1.70. The number of hydrogen-bond donors (Lipinski definition) is 4. The van der Waals surface area contributed by atoms with Crippen LogP contribution in [-0.2, 0) is 0 Å². The van der Waals surface area contributed by atoms with Crippen LogP contribution in [0.5, 0.6) is 0 Å². The van der Waals surface area contributed by atoms with Crippen molar-refractivity contribution in [3.05, 3.63) is 0 Å². The van der Waals surface area contributed by atoms with Crippen LogP contribution in [0.1, 0.15) is 0 Å². The SMILES string of the molecule is C[Si](C)(C)N[Si](C)(C)N[Si](C)(C)N[Si](C)(C)N. The van der Waals surface area contributed by atoms with E-state index >= 15 is 0 Å². The van der Waals surface area contributed by atoms with Crippen LogP contribution in [0.15, 0.2) is 0 Å². The van der Waals surface area contributed by atoms with Crippen LogP contribution in [0, 0.1) is 0 Å². The molecule has 0 amide bonds. The van der Waals surface area contributed by atoms with Gasteiger partial charge in [0.05, 0.1) is 0 Å². The molecule has 4 nitrogen and oxygen atoms in total. The molecule has 0 aliphatic carbocycles. The zero-order valence-corrected chi connectivity index (χ0v) is 17.1. The Balaban J connectivity index is 4.59. The molecule has 0 fully saturated rings. The molecule has 0 radical (unpaired) electrons. The van der Waals surface area contributed by atoms with Crippen LogP contribution < -0.4 is 19.3 Å². The van der Waals surface area contributed by atoms with E-state index in [0.717, 1.165) is 0 Å². The third-order valence-electron chi connectivity index (χ3n) is 1.95. The lowest BCUT2D eigenvalue weighted by Crippen LogP contribution is -2.78. The Labute approximate surface area is 112 Å². The van der Waals surface area contributed by atoms with Gasteiger partial charge in [-0.2, -0.15) is 0 Å². The van der Waals surface area contributed by atoms with Crippen molar-refractivity contribution in [3.8, 4) is 0 Å². The molecule has 0 saturated heterocycles. The van der Waals surface area contributed by atoms with E-state index in [-0.39, 0.29) is 0 Å². The first-order chi connectivity index (χ1) is 7.12. The van der Waals surface area contributed by atoms with Gasteiger partial charge in [0.15, 0.2) is 25.2 Å². The molecule has 0 aliphatic heterocycles. The molecule has 17 heavy (non-hydrogen) atoms. The Hall–Kier alpha value is 0.708. The minimum absolute atomic E-state index is 1.23. The molecule has 0 aromatic heterocycles. The zero-order chi connectivity index (χ0) is 14.1. The highest BCUT2D eigenvalue weighted by molar-refractivity contribution is 6.99. The molecule has 0 saturated carbocycles. The first-order valence-electron chi connectivity index (χ1n) is 6.29. The summed E-state index contributed by atoms with van der Waals surface area (Å²) < 4.78 is 11.5. The van der Waals surface area contributed by atoms with Gasteiger partial charge in [-0.25, -0.2) is 0 Å². The third kappa shape index (κ3) is 10.3. The van der Waals surface area contributed by atoms with Gasteiger partial charge in [0.2, 0.25) is 0 Å². The zero-order valence-electron chi connectivity index (χ0n) is 13.1. The summed E-state index contributed by atoms with van der Waals surface area (Å²) in [5.74, 6) is 0. The van der Waals surface area contributed by atoms with Crippen molar-refractivity contribution >= 4 is 33.4 Å². The van der Waals surface area contributed by atoms with Crippen LogP contribution in [0.3, 0.4) is 0 Å². The molecule has 0 spiro atoms. The standard InChI is InChI=1S/C9H32N4Si4/c1-14(2,3)11-16(6,7)13-17(8,9)12-15(4,5)10/h11-13H,10H2,1-9H3. The van der Waals surface area contributed by atoms with E-state index in [4.69, 9.17) is 5.40 Å². The predicted molar refractivity (Wildman–Crippen MR) is 89.4 cm³/mol. The summed E-state index contributed by atoms with van der Waals surface area (Å²) in [4.78, 5) is 0. The van der Waals surface area contributed by atoms with Crippen molar-refractivity contribution in [3.63, 3.8) is 0 Å². The molecule has 104 valence electrons. The van der Waals surface area contributed by atoms with E-state index in [1.54, 1.807) is 0 Å². The Morgan fingerprint density at radius 2 is 0.941 bits per heavy atom. The van der Waals surface area contributed by atoms with Crippen molar-refractivity contribution < 1.29 is 0 Å². The summed E-state index contributed by atoms with van der Waals surface area (Å²) in [6.07, 6.45) is 0. The summed E-state index contributed by atoms with van der Waals surface area (Å²) in [7, 11) is -6.09. The Kier molecular flexibility index (Phi) is 5.59. The molecule has 0 unspecified atom stereocenters. The van der Waals surface area contributed by atoms with Gasteiger partial charge in [-0.3, -0.25) is 0 Å². The van der Waals surface area contributed by atoms with Crippen LogP contribution >= 0.6 is 0 Å². The molecule has 0 rings (SSSR count). The van der Waals surface area contributed by atoms with E-state index in [9.17, 15) is 0 Å². The molecule has 0 aliphatic rings. The van der Waals surface area contributed by atoms with Gasteiger partial charge in [0.25, 0.3) is 0 Å². The fourth-order valence-corrected chi connectivity index (χ4v) is 24.4. The lowest BCUT2D eigenvalue weighted by molar-refractivity contribution is 1.12. The topological polar surface area (TPSA) is 62.1 Å². The second kappa shape index (κ2) is 5.37. The van der Waals surface area contributed by atoms with Crippen LogP contribution in [0.25, 0.3) is 0 Å². The maximum atomic E-state index is 6.19. The maximum absolute atomic E-state index is 6.19. The van der Waals surface area contributed by atoms with Gasteiger partial charge in [-0.15, -0.1) is 0 Å². The normalized spacial score (nSPS) is 15.2. The highest BCUT2D eigenvalue weighted by atomic mass is 28.5. The van der Waals surface area contributed by atoms with Gasteiger partial charge in [0, 0.05) is 0 Å². The van der Waals surface area contributed by atoms with Crippen molar-refractivity contribution in [1.82, 2.24) is 13.9 Å². The van der Waals surface area contributed by atoms with Crippen molar-refractivity contribution in [2.75, 3.05) is 0 Å². The first-order valence-corrected chi connectivity index (χ1v) is 18.9. The average molecular weight is 309 g/mol. The summed E-state index contributed by atoms with van der Waals surface area (Å²) in [6.45, 7) is 20.7. The largest absolute Gasteiger partial charge is 0.348 e. The van der Waals surface area contributed by atoms with Crippen LogP contribution in [-0.4, -0.2) is 33.4 Å². The summed E-state index contributed by atoms with van der Waals surface area (Å²) in [5.41, 5.74) is 0. The lowest BCUT2D eigenvalue weighted by Gasteiger charge is -2.41. The molecule has 0 aromatic rings. The Morgan fingerprint density at radius 1 is 0.588 bits per heavy atom. The second-order valence-corrected chi connectivity index (χ2v) is 25.0. The number of hydrogen-bond acceptors (Lipinski definition) is 4. The van der Waals surface area contributed by atoms with E-state index in [1.165, 1.54) is 0 Å². The summed E-state index contributed by atoms with van der Waals surface area (Å²) in [6, 6.07) is 0. The van der Waals surface area contributed by atoms with Gasteiger partial charge >= 0.3 is 0 Å². The number of rotatable bonds is 6. The monoisotopic (exact) mass is 308 g/mol.